The van der Waals surface area contributed by atoms with Gasteiger partial charge in [0, 0.05) is 19.3 Å². The van der Waals surface area contributed by atoms with Crippen LogP contribution in [0.1, 0.15) is 290 Å². The van der Waals surface area contributed by atoms with Crippen LogP contribution in [0.15, 0.2) is 97.2 Å². The molecule has 0 aromatic heterocycles. The van der Waals surface area contributed by atoms with E-state index in [1.54, 1.807) is 0 Å². The average molecular weight is 1020 g/mol. The molecule has 0 aliphatic heterocycles. The maximum Gasteiger partial charge on any atom is 0.306 e. The summed E-state index contributed by atoms with van der Waals surface area (Å²) in [5.41, 5.74) is 0. The van der Waals surface area contributed by atoms with Crippen molar-refractivity contribution in [2.45, 2.75) is 297 Å². The number of allylic oxidation sites excluding steroid dienone is 16. The Morgan fingerprint density at radius 1 is 0.288 bits per heavy atom. The van der Waals surface area contributed by atoms with Crippen LogP contribution in [0.5, 0.6) is 0 Å². The molecular weight excluding hydrogens is 901 g/mol. The summed E-state index contributed by atoms with van der Waals surface area (Å²) in [6.45, 7) is 6.48. The molecular formula is C67H114O6. The molecule has 0 aliphatic carbocycles. The highest BCUT2D eigenvalue weighted by Gasteiger charge is 2.19. The summed E-state index contributed by atoms with van der Waals surface area (Å²) in [5, 5.41) is 0. The van der Waals surface area contributed by atoms with Gasteiger partial charge in [-0.1, -0.05) is 272 Å². The van der Waals surface area contributed by atoms with Crippen molar-refractivity contribution >= 4 is 17.9 Å². The van der Waals surface area contributed by atoms with Gasteiger partial charge in [-0.3, -0.25) is 14.4 Å². The first-order valence-electron chi connectivity index (χ1n) is 30.7. The number of hydrogen-bond donors (Lipinski definition) is 0. The predicted molar refractivity (Wildman–Crippen MR) is 316 cm³/mol. The van der Waals surface area contributed by atoms with Gasteiger partial charge in [-0.05, 0) is 96.3 Å². The lowest BCUT2D eigenvalue weighted by molar-refractivity contribution is -0.167. The molecule has 1 unspecified atom stereocenters. The van der Waals surface area contributed by atoms with Gasteiger partial charge in [-0.2, -0.15) is 0 Å². The molecule has 0 fully saturated rings. The largest absolute Gasteiger partial charge is 0.462 e. The highest BCUT2D eigenvalue weighted by Crippen LogP contribution is 2.16. The molecule has 0 saturated heterocycles. The molecule has 0 bridgehead atoms. The van der Waals surface area contributed by atoms with Crippen LogP contribution in [0.25, 0.3) is 0 Å². The summed E-state index contributed by atoms with van der Waals surface area (Å²) in [5.74, 6) is -0.894. The topological polar surface area (TPSA) is 78.9 Å². The van der Waals surface area contributed by atoms with Crippen LogP contribution in [-0.4, -0.2) is 37.2 Å². The number of carbonyl (C=O) groups excluding carboxylic acids is 3. The van der Waals surface area contributed by atoms with Crippen LogP contribution in [0.4, 0.5) is 0 Å². The van der Waals surface area contributed by atoms with E-state index in [-0.39, 0.29) is 31.1 Å². The summed E-state index contributed by atoms with van der Waals surface area (Å²) in [6.07, 6.45) is 81.2. The van der Waals surface area contributed by atoms with Gasteiger partial charge in [0.2, 0.25) is 0 Å². The Balaban J connectivity index is 4.25. The molecule has 0 aromatic rings. The Morgan fingerprint density at radius 3 is 0.877 bits per heavy atom. The maximum atomic E-state index is 12.8. The second-order valence-electron chi connectivity index (χ2n) is 20.2. The van der Waals surface area contributed by atoms with E-state index >= 15 is 0 Å². The van der Waals surface area contributed by atoms with Gasteiger partial charge in [0.05, 0.1) is 0 Å². The lowest BCUT2D eigenvalue weighted by Crippen LogP contribution is -2.30. The summed E-state index contributed by atoms with van der Waals surface area (Å²) >= 11 is 0. The Hall–Kier alpha value is -3.67. The van der Waals surface area contributed by atoms with Gasteiger partial charge < -0.3 is 14.2 Å². The third kappa shape index (κ3) is 59.1. The molecule has 0 amide bonds. The van der Waals surface area contributed by atoms with Crippen molar-refractivity contribution < 1.29 is 28.6 Å². The first-order chi connectivity index (χ1) is 36.0. The molecule has 418 valence electrons. The number of ether oxygens (including phenoxy) is 3. The number of unbranched alkanes of at least 4 members (excludes halogenated alkanes) is 28. The molecule has 0 aromatic carbocycles. The highest BCUT2D eigenvalue weighted by atomic mass is 16.6. The number of carbonyl (C=O) groups is 3. The summed E-state index contributed by atoms with van der Waals surface area (Å²) in [4.78, 5) is 38.2. The smallest absolute Gasteiger partial charge is 0.306 e. The fourth-order valence-corrected chi connectivity index (χ4v) is 8.46. The highest BCUT2D eigenvalue weighted by molar-refractivity contribution is 5.71. The van der Waals surface area contributed by atoms with Gasteiger partial charge in [0.25, 0.3) is 0 Å². The van der Waals surface area contributed by atoms with E-state index in [4.69, 9.17) is 14.2 Å². The third-order valence-electron chi connectivity index (χ3n) is 13.1. The summed E-state index contributed by atoms with van der Waals surface area (Å²) in [6, 6.07) is 0. The Labute approximate surface area is 451 Å². The van der Waals surface area contributed by atoms with E-state index in [2.05, 4.69) is 118 Å². The molecule has 0 rings (SSSR count). The van der Waals surface area contributed by atoms with E-state index in [0.29, 0.717) is 19.3 Å². The van der Waals surface area contributed by atoms with Gasteiger partial charge in [-0.25, -0.2) is 0 Å². The third-order valence-corrected chi connectivity index (χ3v) is 13.1. The SMILES string of the molecule is CC/C=C\C/C=C\C/C=C\C/C=C\C/C=C\C/C=C\CCCCCCCCCCCCC(=O)OCC(COC(=O)CCCCCCCCCCCCCC)OC(=O)CCCCCCC/C=C\C/C=C\CCCC. The zero-order valence-corrected chi connectivity index (χ0v) is 47.9. The Morgan fingerprint density at radius 2 is 0.548 bits per heavy atom. The van der Waals surface area contributed by atoms with Crippen LogP contribution in [0.3, 0.4) is 0 Å². The van der Waals surface area contributed by atoms with Gasteiger partial charge in [-0.15, -0.1) is 0 Å². The van der Waals surface area contributed by atoms with Gasteiger partial charge in [0.15, 0.2) is 6.10 Å². The maximum absolute atomic E-state index is 12.8. The van der Waals surface area contributed by atoms with Crippen molar-refractivity contribution in [1.29, 1.82) is 0 Å². The van der Waals surface area contributed by atoms with Crippen molar-refractivity contribution in [2.24, 2.45) is 0 Å². The van der Waals surface area contributed by atoms with E-state index in [9.17, 15) is 14.4 Å². The standard InChI is InChI=1S/C67H114O6/c1-4-7-10-13-16-19-22-25-27-28-29-30-31-32-33-34-35-36-37-38-39-40-41-43-45-48-51-54-57-60-66(69)72-63-64(62-71-65(68)59-56-53-50-47-44-24-21-18-15-12-9-6-3)73-67(70)61-58-55-52-49-46-42-26-23-20-17-14-11-8-5-2/h7,10,14,16-17,19,23,25-27,29-30,32-33,35-36,64H,4-6,8-9,11-13,15,18,20-22,24,28,31,34,37-63H2,1-3H3/b10-7-,17-14-,19-16-,26-23-,27-25-,30-29-,33-32-,36-35-. The number of esters is 3. The lowest BCUT2D eigenvalue weighted by atomic mass is 10.0. The molecule has 6 nitrogen and oxygen atoms in total. The van der Waals surface area contributed by atoms with E-state index in [0.717, 1.165) is 122 Å². The molecule has 73 heavy (non-hydrogen) atoms. The molecule has 0 aliphatic rings. The number of rotatable bonds is 55. The molecule has 6 heteroatoms. The monoisotopic (exact) mass is 1010 g/mol. The second-order valence-corrected chi connectivity index (χ2v) is 20.2. The zero-order valence-electron chi connectivity index (χ0n) is 47.9. The Kier molecular flexibility index (Phi) is 57.8. The molecule has 0 radical (unpaired) electrons. The van der Waals surface area contributed by atoms with Crippen LogP contribution >= 0.6 is 0 Å². The van der Waals surface area contributed by atoms with E-state index in [1.807, 2.05) is 0 Å². The second kappa shape index (κ2) is 60.9. The molecule has 0 saturated carbocycles. The van der Waals surface area contributed by atoms with Crippen LogP contribution in [0, 0.1) is 0 Å². The van der Waals surface area contributed by atoms with Crippen molar-refractivity contribution in [3.05, 3.63) is 97.2 Å². The van der Waals surface area contributed by atoms with Gasteiger partial charge >= 0.3 is 17.9 Å². The minimum Gasteiger partial charge on any atom is -0.462 e. The van der Waals surface area contributed by atoms with Gasteiger partial charge in [0.1, 0.15) is 13.2 Å². The van der Waals surface area contributed by atoms with Crippen LogP contribution in [0.2, 0.25) is 0 Å². The quantitative estimate of drug-likeness (QED) is 0.0261. The number of hydrogen-bond acceptors (Lipinski definition) is 6. The van der Waals surface area contributed by atoms with Crippen LogP contribution in [-0.2, 0) is 28.6 Å². The first kappa shape index (κ1) is 69.3. The van der Waals surface area contributed by atoms with Crippen molar-refractivity contribution in [1.82, 2.24) is 0 Å². The normalized spacial score (nSPS) is 12.8. The minimum absolute atomic E-state index is 0.0817. The lowest BCUT2D eigenvalue weighted by Gasteiger charge is -2.18. The Bertz CT molecular complexity index is 1440. The first-order valence-corrected chi connectivity index (χ1v) is 30.7. The van der Waals surface area contributed by atoms with Crippen molar-refractivity contribution in [3.63, 3.8) is 0 Å². The molecule has 0 spiro atoms. The van der Waals surface area contributed by atoms with Crippen LogP contribution < -0.4 is 0 Å². The summed E-state index contributed by atoms with van der Waals surface area (Å²) < 4.78 is 16.9. The molecule has 0 heterocycles. The summed E-state index contributed by atoms with van der Waals surface area (Å²) in [7, 11) is 0. The minimum atomic E-state index is -0.785. The average Bonchev–Trinajstić information content (AvgIpc) is 3.39. The predicted octanol–water partition coefficient (Wildman–Crippen LogP) is 20.9. The fourth-order valence-electron chi connectivity index (χ4n) is 8.46. The molecule has 0 N–H and O–H groups in total. The van der Waals surface area contributed by atoms with Crippen molar-refractivity contribution in [2.75, 3.05) is 13.2 Å². The zero-order chi connectivity index (χ0) is 52.9. The van der Waals surface area contributed by atoms with E-state index in [1.165, 1.54) is 128 Å². The molecule has 1 atom stereocenters. The van der Waals surface area contributed by atoms with E-state index < -0.39 is 6.10 Å². The van der Waals surface area contributed by atoms with Crippen molar-refractivity contribution in [3.8, 4) is 0 Å². The fraction of sp³-hybridized carbons (Fsp3) is 0.716.